The van der Waals surface area contributed by atoms with Gasteiger partial charge in [-0.25, -0.2) is 9.18 Å². The Morgan fingerprint density at radius 2 is 1.94 bits per heavy atom. The average molecular weight is 464 g/mol. The lowest BCUT2D eigenvalue weighted by Gasteiger charge is -2.26. The summed E-state index contributed by atoms with van der Waals surface area (Å²) in [6.07, 6.45) is -1.77. The first-order valence-electron chi connectivity index (χ1n) is 9.69. The first-order chi connectivity index (χ1) is 14.0. The standard InChI is InChI=1S/C20H21F4N3O3.ClH/c1-9-15-12(10-2-3-10)6-13(19(29)30)18(28)27(15)8-14(21)16(9)26-5-4-11(7-26)17(25)20(22,23)24;/h6,8,10-11,17H,2-5,7,25H2,1H3,(H,29,30);1H/t11-,17+;/m1./s1. The first kappa shape index (κ1) is 23.3. The van der Waals surface area contributed by atoms with Crippen molar-refractivity contribution >= 4 is 29.6 Å². The summed E-state index contributed by atoms with van der Waals surface area (Å²) in [6.45, 7) is 1.76. The van der Waals surface area contributed by atoms with E-state index in [2.05, 4.69) is 0 Å². The molecule has 2 fully saturated rings. The molecule has 3 N–H and O–H groups in total. The number of aromatic carboxylic acids is 1. The number of hydrogen-bond acceptors (Lipinski definition) is 4. The molecule has 2 aromatic rings. The predicted molar refractivity (Wildman–Crippen MR) is 109 cm³/mol. The third-order valence-corrected chi connectivity index (χ3v) is 6.12. The molecule has 11 heteroatoms. The lowest BCUT2D eigenvalue weighted by molar-refractivity contribution is -0.157. The van der Waals surface area contributed by atoms with Gasteiger partial charge in [0.15, 0.2) is 5.82 Å². The molecule has 2 aromatic heterocycles. The molecule has 6 nitrogen and oxygen atoms in total. The normalized spacial score (nSPS) is 20.1. The minimum absolute atomic E-state index is 0. The summed E-state index contributed by atoms with van der Waals surface area (Å²) >= 11 is 0. The minimum Gasteiger partial charge on any atom is -0.477 e. The van der Waals surface area contributed by atoms with E-state index in [1.54, 1.807) is 6.92 Å². The van der Waals surface area contributed by atoms with Crippen molar-refractivity contribution in [2.75, 3.05) is 18.0 Å². The van der Waals surface area contributed by atoms with Gasteiger partial charge in [0.2, 0.25) is 0 Å². The predicted octanol–water partition coefficient (Wildman–Crippen LogP) is 3.46. The summed E-state index contributed by atoms with van der Waals surface area (Å²) in [6, 6.07) is -0.646. The number of halogens is 5. The molecule has 1 saturated heterocycles. The molecule has 2 atom stereocenters. The van der Waals surface area contributed by atoms with Crippen molar-refractivity contribution in [3.63, 3.8) is 0 Å². The van der Waals surface area contributed by atoms with E-state index >= 15 is 4.39 Å². The number of hydrogen-bond donors (Lipinski definition) is 2. The van der Waals surface area contributed by atoms with Crippen LogP contribution in [0.15, 0.2) is 17.1 Å². The van der Waals surface area contributed by atoms with Gasteiger partial charge >= 0.3 is 12.1 Å². The first-order valence-corrected chi connectivity index (χ1v) is 9.69. The summed E-state index contributed by atoms with van der Waals surface area (Å²) in [7, 11) is 0. The third-order valence-electron chi connectivity index (χ3n) is 6.12. The van der Waals surface area contributed by atoms with Gasteiger partial charge < -0.3 is 15.7 Å². The van der Waals surface area contributed by atoms with Crippen LogP contribution in [-0.2, 0) is 0 Å². The van der Waals surface area contributed by atoms with E-state index in [1.807, 2.05) is 0 Å². The number of alkyl halides is 3. The zero-order valence-corrected chi connectivity index (χ0v) is 17.4. The molecule has 1 aliphatic heterocycles. The molecular weight excluding hydrogens is 442 g/mol. The number of fused-ring (bicyclic) bond motifs is 1. The molecule has 0 unspecified atom stereocenters. The van der Waals surface area contributed by atoms with Crippen molar-refractivity contribution in [3.05, 3.63) is 45.1 Å². The van der Waals surface area contributed by atoms with Crippen LogP contribution in [0.2, 0.25) is 0 Å². The maximum absolute atomic E-state index is 15.1. The van der Waals surface area contributed by atoms with E-state index < -0.39 is 41.0 Å². The molecule has 0 spiro atoms. The monoisotopic (exact) mass is 463 g/mol. The lowest BCUT2D eigenvalue weighted by atomic mass is 9.99. The van der Waals surface area contributed by atoms with Gasteiger partial charge in [-0.3, -0.25) is 9.20 Å². The zero-order valence-electron chi connectivity index (χ0n) is 16.6. The fraction of sp³-hybridized carbons (Fsp3) is 0.500. The van der Waals surface area contributed by atoms with Crippen LogP contribution >= 0.6 is 12.4 Å². The maximum atomic E-state index is 15.1. The number of aryl methyl sites for hydroxylation is 1. The van der Waals surface area contributed by atoms with Gasteiger partial charge in [-0.15, -0.1) is 12.4 Å². The molecule has 2 aliphatic rings. The number of aromatic nitrogens is 1. The van der Waals surface area contributed by atoms with E-state index in [9.17, 15) is 27.9 Å². The summed E-state index contributed by atoms with van der Waals surface area (Å²) < 4.78 is 55.0. The second kappa shape index (κ2) is 7.98. The van der Waals surface area contributed by atoms with Gasteiger partial charge in [0.1, 0.15) is 11.6 Å². The Hall–Kier alpha value is -2.33. The third kappa shape index (κ3) is 3.98. The van der Waals surface area contributed by atoms with Crippen LogP contribution < -0.4 is 16.2 Å². The molecule has 170 valence electrons. The van der Waals surface area contributed by atoms with Crippen LogP contribution in [0.5, 0.6) is 0 Å². The highest BCUT2D eigenvalue weighted by molar-refractivity contribution is 5.89. The van der Waals surface area contributed by atoms with Crippen LogP contribution in [0.4, 0.5) is 23.2 Å². The van der Waals surface area contributed by atoms with E-state index in [0.29, 0.717) is 16.6 Å². The van der Waals surface area contributed by atoms with E-state index in [-0.39, 0.29) is 43.5 Å². The number of carboxylic acid groups (broad SMARTS) is 1. The van der Waals surface area contributed by atoms with E-state index in [0.717, 1.165) is 23.4 Å². The Kier molecular flexibility index (Phi) is 6.01. The molecule has 31 heavy (non-hydrogen) atoms. The molecule has 1 aliphatic carbocycles. The topological polar surface area (TPSA) is 88.0 Å². The second-order valence-electron chi connectivity index (χ2n) is 8.13. The quantitative estimate of drug-likeness (QED) is 0.678. The Labute approximate surface area is 181 Å². The number of pyridine rings is 2. The number of carboxylic acids is 1. The van der Waals surface area contributed by atoms with Crippen molar-refractivity contribution in [3.8, 4) is 0 Å². The van der Waals surface area contributed by atoms with E-state index in [1.165, 1.54) is 11.0 Å². The van der Waals surface area contributed by atoms with Crippen LogP contribution in [0.25, 0.3) is 5.52 Å². The van der Waals surface area contributed by atoms with Crippen LogP contribution in [-0.4, -0.2) is 40.8 Å². The molecule has 0 amide bonds. The molecule has 0 aromatic carbocycles. The molecule has 3 heterocycles. The molecular formula is C20H22ClF4N3O3. The largest absolute Gasteiger partial charge is 0.477 e. The number of anilines is 1. The SMILES string of the molecule is Cc1c(N2CC[C@@H]([C@H](N)C(F)(F)F)C2)c(F)cn2c(=O)c(C(=O)O)cc(C3CC3)c12.Cl. The number of rotatable bonds is 4. The molecule has 1 saturated carbocycles. The Morgan fingerprint density at radius 3 is 2.48 bits per heavy atom. The Morgan fingerprint density at radius 1 is 1.29 bits per heavy atom. The minimum atomic E-state index is -4.53. The number of nitrogens with two attached hydrogens (primary N) is 1. The van der Waals surface area contributed by atoms with Crippen molar-refractivity contribution in [2.45, 2.75) is 44.3 Å². The Bertz CT molecular complexity index is 1100. The second-order valence-corrected chi connectivity index (χ2v) is 8.13. The molecule has 0 bridgehead atoms. The smallest absolute Gasteiger partial charge is 0.403 e. The zero-order chi connectivity index (χ0) is 22.0. The maximum Gasteiger partial charge on any atom is 0.403 e. The van der Waals surface area contributed by atoms with Crippen molar-refractivity contribution in [2.24, 2.45) is 11.7 Å². The van der Waals surface area contributed by atoms with Gasteiger partial charge in [0, 0.05) is 19.0 Å². The average Bonchev–Trinajstić information content (AvgIpc) is 3.38. The van der Waals surface area contributed by atoms with Crippen molar-refractivity contribution < 1.29 is 27.5 Å². The van der Waals surface area contributed by atoms with Crippen LogP contribution in [0.3, 0.4) is 0 Å². The molecule has 4 rings (SSSR count). The van der Waals surface area contributed by atoms with Gasteiger partial charge in [-0.1, -0.05) is 0 Å². The summed E-state index contributed by atoms with van der Waals surface area (Å²) in [5.74, 6) is -2.96. The fourth-order valence-corrected chi connectivity index (χ4v) is 4.44. The van der Waals surface area contributed by atoms with Gasteiger partial charge in [0.25, 0.3) is 5.56 Å². The summed E-state index contributed by atoms with van der Waals surface area (Å²) in [5.41, 5.74) is 5.70. The summed E-state index contributed by atoms with van der Waals surface area (Å²) in [5, 5.41) is 9.35. The number of nitrogens with zero attached hydrogens (tertiary/aromatic N) is 2. The van der Waals surface area contributed by atoms with E-state index in [4.69, 9.17) is 5.73 Å². The van der Waals surface area contributed by atoms with Crippen molar-refractivity contribution in [1.29, 1.82) is 0 Å². The highest BCUT2D eigenvalue weighted by Gasteiger charge is 2.44. The van der Waals surface area contributed by atoms with Gasteiger partial charge in [0.05, 0.1) is 17.4 Å². The number of carbonyl (C=O) groups is 1. The molecule has 0 radical (unpaired) electrons. The van der Waals surface area contributed by atoms with Gasteiger partial charge in [-0.2, -0.15) is 13.2 Å². The Balaban J connectivity index is 0.00000272. The fourth-order valence-electron chi connectivity index (χ4n) is 4.44. The van der Waals surface area contributed by atoms with Gasteiger partial charge in [-0.05, 0) is 49.3 Å². The van der Waals surface area contributed by atoms with Crippen LogP contribution in [0.1, 0.15) is 46.7 Å². The summed E-state index contributed by atoms with van der Waals surface area (Å²) in [4.78, 5) is 25.6. The highest BCUT2D eigenvalue weighted by atomic mass is 35.5. The highest BCUT2D eigenvalue weighted by Crippen LogP contribution is 2.44. The lowest BCUT2D eigenvalue weighted by Crippen LogP contribution is -2.44. The van der Waals surface area contributed by atoms with Crippen molar-refractivity contribution in [1.82, 2.24) is 4.40 Å². The van der Waals surface area contributed by atoms with Crippen LogP contribution in [0, 0.1) is 18.7 Å².